The third kappa shape index (κ3) is 3.01. The summed E-state index contributed by atoms with van der Waals surface area (Å²) in [6.07, 6.45) is 2.92. The van der Waals surface area contributed by atoms with E-state index in [0.29, 0.717) is 12.2 Å². The van der Waals surface area contributed by atoms with E-state index in [4.69, 9.17) is 9.84 Å². The molecule has 16 heavy (non-hydrogen) atoms. The van der Waals surface area contributed by atoms with Crippen LogP contribution in [0, 0.1) is 0 Å². The number of halogens is 2. The van der Waals surface area contributed by atoms with E-state index in [-0.39, 0.29) is 5.75 Å². The highest BCUT2D eigenvalue weighted by molar-refractivity contribution is 5.79. The van der Waals surface area contributed by atoms with Gasteiger partial charge in [-0.2, -0.15) is 8.78 Å². The number of hydrogen-bond donors (Lipinski definition) is 1. The number of rotatable bonds is 4. The van der Waals surface area contributed by atoms with Crippen LogP contribution in [0.5, 0.6) is 5.75 Å². The Morgan fingerprint density at radius 3 is 2.81 bits per heavy atom. The highest BCUT2D eigenvalue weighted by Gasteiger charge is 2.29. The van der Waals surface area contributed by atoms with Crippen LogP contribution in [0.15, 0.2) is 30.6 Å². The first-order valence-corrected chi connectivity index (χ1v) is 4.25. The summed E-state index contributed by atoms with van der Waals surface area (Å²) in [4.78, 5) is 13.7. The van der Waals surface area contributed by atoms with Gasteiger partial charge >= 0.3 is 5.97 Å². The lowest BCUT2D eigenvalue weighted by molar-refractivity contribution is -0.131. The molecule has 1 aromatic heterocycles. The summed E-state index contributed by atoms with van der Waals surface area (Å²) in [5.41, 5.74) is -0.427. The Morgan fingerprint density at radius 1 is 1.56 bits per heavy atom. The number of aliphatic carboxylic acids is 1. The van der Waals surface area contributed by atoms with E-state index in [1.807, 2.05) is 0 Å². The fourth-order valence-corrected chi connectivity index (χ4v) is 0.985. The third-order valence-electron chi connectivity index (χ3n) is 1.77. The van der Waals surface area contributed by atoms with Gasteiger partial charge in [0.1, 0.15) is 5.75 Å². The normalized spacial score (nSPS) is 11.7. The van der Waals surface area contributed by atoms with E-state index < -0.39 is 17.5 Å². The molecule has 1 rings (SSSR count). The average Bonchev–Trinajstić information content (AvgIpc) is 2.27. The molecule has 1 N–H and O–H groups in total. The maximum Gasteiger partial charge on any atom is 0.328 e. The van der Waals surface area contributed by atoms with Crippen LogP contribution in [-0.2, 0) is 10.7 Å². The second-order valence-electron chi connectivity index (χ2n) is 2.91. The predicted octanol–water partition coefficient (Wildman–Crippen LogP) is 1.82. The second-order valence-corrected chi connectivity index (χ2v) is 2.91. The first kappa shape index (κ1) is 12.1. The molecule has 0 radical (unpaired) electrons. The van der Waals surface area contributed by atoms with Crippen molar-refractivity contribution >= 4 is 5.97 Å². The zero-order valence-electron chi connectivity index (χ0n) is 8.35. The number of aromatic nitrogens is 1. The lowest BCUT2D eigenvalue weighted by Gasteiger charge is -2.11. The van der Waals surface area contributed by atoms with Gasteiger partial charge in [0, 0.05) is 17.8 Å². The van der Waals surface area contributed by atoms with Crippen LogP contribution >= 0.6 is 0 Å². The average molecular weight is 229 g/mol. The van der Waals surface area contributed by atoms with E-state index in [1.165, 1.54) is 13.3 Å². The van der Waals surface area contributed by atoms with E-state index in [1.54, 1.807) is 0 Å². The molecule has 0 saturated heterocycles. The maximum absolute atomic E-state index is 13.4. The summed E-state index contributed by atoms with van der Waals surface area (Å²) in [5.74, 6) is -4.64. The van der Waals surface area contributed by atoms with Crippen molar-refractivity contribution in [2.75, 3.05) is 7.11 Å². The number of pyridine rings is 1. The Labute approximate surface area is 90.2 Å². The van der Waals surface area contributed by atoms with Gasteiger partial charge in [-0.25, -0.2) is 4.79 Å². The van der Waals surface area contributed by atoms with Crippen molar-refractivity contribution in [1.29, 1.82) is 0 Å². The Kier molecular flexibility index (Phi) is 3.55. The summed E-state index contributed by atoms with van der Waals surface area (Å²) in [5, 5.41) is 8.26. The van der Waals surface area contributed by atoms with Crippen LogP contribution in [0.4, 0.5) is 8.78 Å². The van der Waals surface area contributed by atoms with E-state index in [0.717, 1.165) is 12.3 Å². The number of carboxylic acid groups (broad SMARTS) is 1. The molecule has 0 unspecified atom stereocenters. The molecule has 0 aliphatic heterocycles. The van der Waals surface area contributed by atoms with Crippen molar-refractivity contribution in [3.63, 3.8) is 0 Å². The van der Waals surface area contributed by atoms with Gasteiger partial charge < -0.3 is 9.84 Å². The van der Waals surface area contributed by atoms with E-state index in [9.17, 15) is 13.6 Å². The predicted molar refractivity (Wildman–Crippen MR) is 51.5 cm³/mol. The zero-order chi connectivity index (χ0) is 12.2. The molecule has 86 valence electrons. The minimum absolute atomic E-state index is 0.181. The van der Waals surface area contributed by atoms with Gasteiger partial charge in [0.2, 0.25) is 0 Å². The Morgan fingerprint density at radius 2 is 2.25 bits per heavy atom. The first-order valence-electron chi connectivity index (χ1n) is 4.25. The lowest BCUT2D eigenvalue weighted by Crippen LogP contribution is -2.11. The summed E-state index contributed by atoms with van der Waals surface area (Å²) in [6.45, 7) is 0. The van der Waals surface area contributed by atoms with Gasteiger partial charge in [0.15, 0.2) is 0 Å². The molecule has 0 aliphatic rings. The number of ether oxygens (including phenoxy) is 1. The number of hydrogen-bond acceptors (Lipinski definition) is 3. The third-order valence-corrected chi connectivity index (χ3v) is 1.77. The molecule has 0 spiro atoms. The maximum atomic E-state index is 13.4. The lowest BCUT2D eigenvalue weighted by atomic mass is 10.1. The Hall–Kier alpha value is -1.98. The molecule has 0 atom stereocenters. The minimum Gasteiger partial charge on any atom is -0.495 e. The summed E-state index contributed by atoms with van der Waals surface area (Å²) in [7, 11) is 1.33. The van der Waals surface area contributed by atoms with Crippen LogP contribution < -0.4 is 4.74 Å². The van der Waals surface area contributed by atoms with Crippen LogP contribution in [0.1, 0.15) is 5.56 Å². The number of methoxy groups -OCH3 is 1. The van der Waals surface area contributed by atoms with Gasteiger partial charge in [0.05, 0.1) is 13.3 Å². The van der Waals surface area contributed by atoms with Crippen LogP contribution in [0.3, 0.4) is 0 Å². The van der Waals surface area contributed by atoms with Gasteiger partial charge in [-0.3, -0.25) is 4.98 Å². The van der Waals surface area contributed by atoms with Crippen LogP contribution in [0.25, 0.3) is 0 Å². The molecule has 4 nitrogen and oxygen atoms in total. The second kappa shape index (κ2) is 4.69. The monoisotopic (exact) mass is 229 g/mol. The van der Waals surface area contributed by atoms with Crippen LogP contribution in [0.2, 0.25) is 0 Å². The molecular formula is C10H9F2NO3. The molecule has 0 aromatic carbocycles. The van der Waals surface area contributed by atoms with Crippen molar-refractivity contribution in [1.82, 2.24) is 4.98 Å². The number of nitrogens with zero attached hydrogens (tertiary/aromatic N) is 1. The summed E-state index contributed by atoms with van der Waals surface area (Å²) < 4.78 is 31.5. The molecule has 0 aliphatic carbocycles. The van der Waals surface area contributed by atoms with Crippen molar-refractivity contribution in [2.24, 2.45) is 0 Å². The summed E-state index contributed by atoms with van der Waals surface area (Å²) in [6, 6.07) is 1.10. The highest BCUT2D eigenvalue weighted by Crippen LogP contribution is 2.30. The molecule has 0 bridgehead atoms. The molecule has 0 saturated carbocycles. The van der Waals surface area contributed by atoms with E-state index in [2.05, 4.69) is 4.98 Å². The Balaban J connectivity index is 3.01. The fourth-order valence-electron chi connectivity index (χ4n) is 0.985. The van der Waals surface area contributed by atoms with E-state index >= 15 is 0 Å². The van der Waals surface area contributed by atoms with Gasteiger partial charge in [-0.1, -0.05) is 0 Å². The van der Waals surface area contributed by atoms with Crippen molar-refractivity contribution in [3.05, 3.63) is 36.2 Å². The van der Waals surface area contributed by atoms with Crippen molar-refractivity contribution in [2.45, 2.75) is 5.92 Å². The molecule has 0 fully saturated rings. The molecule has 0 amide bonds. The largest absolute Gasteiger partial charge is 0.495 e. The van der Waals surface area contributed by atoms with Gasteiger partial charge in [-0.15, -0.1) is 0 Å². The fraction of sp³-hybridized carbons (Fsp3) is 0.200. The molecule has 1 heterocycles. The number of carboxylic acids is 1. The smallest absolute Gasteiger partial charge is 0.328 e. The summed E-state index contributed by atoms with van der Waals surface area (Å²) >= 11 is 0. The van der Waals surface area contributed by atoms with Crippen molar-refractivity contribution < 1.29 is 23.4 Å². The number of allylic oxidation sites excluding steroid dienone is 1. The Bertz CT molecular complexity index is 418. The van der Waals surface area contributed by atoms with Crippen molar-refractivity contribution in [3.8, 4) is 5.75 Å². The highest BCUT2D eigenvalue weighted by atomic mass is 19.3. The molecular weight excluding hydrogens is 220 g/mol. The van der Waals surface area contributed by atoms with Gasteiger partial charge in [0.25, 0.3) is 5.92 Å². The zero-order valence-corrected chi connectivity index (χ0v) is 8.35. The first-order chi connectivity index (χ1) is 7.45. The quantitative estimate of drug-likeness (QED) is 0.800. The minimum atomic E-state index is -3.39. The standard InChI is InChI=1S/C10H9F2NO3/c1-16-8-4-7(5-13-6-8)10(11,12)3-2-9(14)15/h2-6H,1H3,(H,14,15)/b3-2+. The van der Waals surface area contributed by atoms with Crippen LogP contribution in [-0.4, -0.2) is 23.2 Å². The molecule has 1 aromatic rings. The SMILES string of the molecule is COc1cncc(C(F)(F)/C=C/C(=O)O)c1. The number of alkyl halides is 2. The van der Waals surface area contributed by atoms with Gasteiger partial charge in [-0.05, 0) is 12.1 Å². The topological polar surface area (TPSA) is 59.4 Å². The molecule has 6 heteroatoms. The number of carbonyl (C=O) groups is 1.